The van der Waals surface area contributed by atoms with Crippen LogP contribution in [0.25, 0.3) is 0 Å². The fourth-order valence-corrected chi connectivity index (χ4v) is 1.99. The van der Waals surface area contributed by atoms with E-state index in [9.17, 15) is 4.79 Å². The van der Waals surface area contributed by atoms with E-state index < -0.39 is 0 Å². The Labute approximate surface area is 106 Å². The minimum atomic E-state index is 0.0967. The molecule has 88 valence electrons. The lowest BCUT2D eigenvalue weighted by Gasteiger charge is -2.22. The monoisotopic (exact) mass is 283 g/mol. The Hall–Kier alpha value is -0.830. The second-order valence-corrected chi connectivity index (χ2v) is 4.93. The third-order valence-corrected chi connectivity index (χ3v) is 2.86. The van der Waals surface area contributed by atoms with Crippen molar-refractivity contribution in [2.24, 2.45) is 5.92 Å². The molecule has 0 fully saturated rings. The van der Waals surface area contributed by atoms with Gasteiger partial charge in [0.25, 0.3) is 0 Å². The van der Waals surface area contributed by atoms with Gasteiger partial charge in [-0.3, -0.25) is 4.79 Å². The summed E-state index contributed by atoms with van der Waals surface area (Å²) in [5.41, 5.74) is 1.17. The zero-order chi connectivity index (χ0) is 12.0. The molecular formula is C13H18BrNO. The van der Waals surface area contributed by atoms with Gasteiger partial charge in [-0.25, -0.2) is 0 Å². The van der Waals surface area contributed by atoms with Crippen molar-refractivity contribution in [1.82, 2.24) is 5.32 Å². The van der Waals surface area contributed by atoms with Crippen LogP contribution >= 0.6 is 15.9 Å². The zero-order valence-corrected chi connectivity index (χ0v) is 11.3. The summed E-state index contributed by atoms with van der Waals surface area (Å²) >= 11 is 3.27. The van der Waals surface area contributed by atoms with Crippen LogP contribution in [-0.4, -0.2) is 11.2 Å². The number of carbonyl (C=O) groups is 1. The highest BCUT2D eigenvalue weighted by Crippen LogP contribution is 2.21. The Morgan fingerprint density at radius 2 is 1.94 bits per heavy atom. The van der Waals surface area contributed by atoms with Crippen LogP contribution in [0.3, 0.4) is 0 Å². The smallest absolute Gasteiger partial charge is 0.221 e. The standard InChI is InChI=1S/C13H18BrNO/c1-10(2)13(15-12(16)8-9-14)11-6-4-3-5-7-11/h3-7,10,13H,8-9H2,1-2H3,(H,15,16). The number of halogens is 1. The molecule has 16 heavy (non-hydrogen) atoms. The van der Waals surface area contributed by atoms with E-state index in [2.05, 4.69) is 47.2 Å². The normalized spacial score (nSPS) is 12.5. The van der Waals surface area contributed by atoms with Crippen molar-refractivity contribution >= 4 is 21.8 Å². The molecule has 1 unspecified atom stereocenters. The van der Waals surface area contributed by atoms with Gasteiger partial charge >= 0.3 is 0 Å². The molecule has 1 rings (SSSR count). The average molecular weight is 284 g/mol. The van der Waals surface area contributed by atoms with Gasteiger partial charge in [0.1, 0.15) is 0 Å². The molecule has 1 aromatic rings. The summed E-state index contributed by atoms with van der Waals surface area (Å²) in [5.74, 6) is 0.487. The number of amides is 1. The zero-order valence-electron chi connectivity index (χ0n) is 9.74. The molecule has 1 amide bonds. The molecule has 0 saturated heterocycles. The van der Waals surface area contributed by atoms with E-state index in [-0.39, 0.29) is 11.9 Å². The van der Waals surface area contributed by atoms with Gasteiger partial charge in [-0.05, 0) is 11.5 Å². The second-order valence-electron chi connectivity index (χ2n) is 4.14. The molecule has 0 aliphatic rings. The highest BCUT2D eigenvalue weighted by molar-refractivity contribution is 9.09. The molecule has 0 saturated carbocycles. The van der Waals surface area contributed by atoms with Crippen LogP contribution in [0.5, 0.6) is 0 Å². The van der Waals surface area contributed by atoms with E-state index >= 15 is 0 Å². The molecule has 0 aliphatic heterocycles. The van der Waals surface area contributed by atoms with Crippen molar-refractivity contribution in [3.63, 3.8) is 0 Å². The van der Waals surface area contributed by atoms with E-state index in [1.165, 1.54) is 5.56 Å². The molecule has 0 heterocycles. The summed E-state index contributed by atoms with van der Waals surface area (Å²) < 4.78 is 0. The summed E-state index contributed by atoms with van der Waals surface area (Å²) in [6, 6.07) is 10.2. The number of rotatable bonds is 5. The maximum atomic E-state index is 11.6. The molecular weight excluding hydrogens is 266 g/mol. The highest BCUT2D eigenvalue weighted by atomic mass is 79.9. The lowest BCUT2D eigenvalue weighted by atomic mass is 9.96. The van der Waals surface area contributed by atoms with Gasteiger partial charge in [-0.2, -0.15) is 0 Å². The number of nitrogens with one attached hydrogen (secondary N) is 1. The Morgan fingerprint density at radius 1 is 1.31 bits per heavy atom. The fraction of sp³-hybridized carbons (Fsp3) is 0.462. The number of hydrogen-bond donors (Lipinski definition) is 1. The molecule has 0 spiro atoms. The van der Waals surface area contributed by atoms with Crippen molar-refractivity contribution in [1.29, 1.82) is 0 Å². The van der Waals surface area contributed by atoms with Gasteiger partial charge in [0.15, 0.2) is 0 Å². The first-order chi connectivity index (χ1) is 7.65. The van der Waals surface area contributed by atoms with Crippen LogP contribution in [-0.2, 0) is 4.79 Å². The quantitative estimate of drug-likeness (QED) is 0.826. The molecule has 1 N–H and O–H groups in total. The number of carbonyl (C=O) groups excluding carboxylic acids is 1. The van der Waals surface area contributed by atoms with Crippen LogP contribution in [0.4, 0.5) is 0 Å². The third-order valence-electron chi connectivity index (χ3n) is 2.46. The average Bonchev–Trinajstić information content (AvgIpc) is 2.27. The highest BCUT2D eigenvalue weighted by Gasteiger charge is 2.17. The lowest BCUT2D eigenvalue weighted by molar-refractivity contribution is -0.121. The van der Waals surface area contributed by atoms with E-state index in [4.69, 9.17) is 0 Å². The fourth-order valence-electron chi connectivity index (χ4n) is 1.63. The topological polar surface area (TPSA) is 29.1 Å². The largest absolute Gasteiger partial charge is 0.349 e. The first-order valence-electron chi connectivity index (χ1n) is 5.55. The predicted octanol–water partition coefficient (Wildman–Crippen LogP) is 3.28. The maximum Gasteiger partial charge on any atom is 0.221 e. The first-order valence-corrected chi connectivity index (χ1v) is 6.67. The minimum absolute atomic E-state index is 0.0967. The third kappa shape index (κ3) is 3.97. The Balaban J connectivity index is 2.73. The Morgan fingerprint density at radius 3 is 2.44 bits per heavy atom. The van der Waals surface area contributed by atoms with E-state index in [1.807, 2.05) is 18.2 Å². The van der Waals surface area contributed by atoms with Crippen molar-refractivity contribution in [3.8, 4) is 0 Å². The first kappa shape index (κ1) is 13.2. The second kappa shape index (κ2) is 6.69. The summed E-state index contributed by atoms with van der Waals surface area (Å²) in [6.07, 6.45) is 0.524. The number of hydrogen-bond acceptors (Lipinski definition) is 1. The van der Waals surface area contributed by atoms with Gasteiger partial charge in [0, 0.05) is 11.8 Å². The summed E-state index contributed by atoms with van der Waals surface area (Å²) in [6.45, 7) is 4.23. The number of alkyl halides is 1. The van der Waals surface area contributed by atoms with Gasteiger partial charge in [0.2, 0.25) is 5.91 Å². The lowest BCUT2D eigenvalue weighted by Crippen LogP contribution is -2.31. The predicted molar refractivity (Wildman–Crippen MR) is 70.6 cm³/mol. The molecule has 0 radical (unpaired) electrons. The maximum absolute atomic E-state index is 11.6. The minimum Gasteiger partial charge on any atom is -0.349 e. The molecule has 1 aromatic carbocycles. The SMILES string of the molecule is CC(C)C(NC(=O)CCBr)c1ccccc1. The van der Waals surface area contributed by atoms with E-state index in [1.54, 1.807) is 0 Å². The Kier molecular flexibility index (Phi) is 5.53. The summed E-state index contributed by atoms with van der Waals surface area (Å²) in [5, 5.41) is 3.77. The summed E-state index contributed by atoms with van der Waals surface area (Å²) in [4.78, 5) is 11.6. The van der Waals surface area contributed by atoms with Crippen LogP contribution in [0, 0.1) is 5.92 Å². The van der Waals surface area contributed by atoms with Crippen LogP contribution in [0.1, 0.15) is 31.9 Å². The van der Waals surface area contributed by atoms with Crippen molar-refractivity contribution in [2.45, 2.75) is 26.3 Å². The van der Waals surface area contributed by atoms with Crippen LogP contribution in [0.2, 0.25) is 0 Å². The molecule has 2 nitrogen and oxygen atoms in total. The summed E-state index contributed by atoms with van der Waals surface area (Å²) in [7, 11) is 0. The van der Waals surface area contributed by atoms with Gasteiger partial charge in [-0.1, -0.05) is 60.1 Å². The molecule has 0 aromatic heterocycles. The van der Waals surface area contributed by atoms with Crippen molar-refractivity contribution in [3.05, 3.63) is 35.9 Å². The molecule has 3 heteroatoms. The van der Waals surface area contributed by atoms with Crippen LogP contribution < -0.4 is 5.32 Å². The van der Waals surface area contributed by atoms with E-state index in [0.717, 1.165) is 0 Å². The van der Waals surface area contributed by atoms with Gasteiger partial charge in [0.05, 0.1) is 6.04 Å². The molecule has 0 bridgehead atoms. The van der Waals surface area contributed by atoms with Crippen molar-refractivity contribution < 1.29 is 4.79 Å². The van der Waals surface area contributed by atoms with Crippen LogP contribution in [0.15, 0.2) is 30.3 Å². The van der Waals surface area contributed by atoms with Gasteiger partial charge < -0.3 is 5.32 Å². The van der Waals surface area contributed by atoms with E-state index in [0.29, 0.717) is 17.7 Å². The van der Waals surface area contributed by atoms with Gasteiger partial charge in [-0.15, -0.1) is 0 Å². The Bertz CT molecular complexity index is 324. The molecule has 0 aliphatic carbocycles. The molecule has 1 atom stereocenters. The number of benzene rings is 1. The van der Waals surface area contributed by atoms with Crippen molar-refractivity contribution in [2.75, 3.05) is 5.33 Å².